The quantitative estimate of drug-likeness (QED) is 0.00801. The number of carbonyl (C=O) groups excluding carboxylic acids is 6. The molecule has 24 nitrogen and oxygen atoms in total. The molecule has 5 amide bonds. The number of phenolic OH excluding ortho intramolecular Hbond substituents is 1. The van der Waals surface area contributed by atoms with E-state index in [-0.39, 0.29) is 101 Å². The zero-order chi connectivity index (χ0) is 81.2. The molecule has 598 valence electrons. The summed E-state index contributed by atoms with van der Waals surface area (Å²) < 4.78 is 81.8. The number of nitrogens with zero attached hydrogens (tertiary/aromatic N) is 8. The number of aliphatic hydroxyl groups is 1. The second-order valence-electron chi connectivity index (χ2n) is 28.8. The Kier molecular flexibility index (Phi) is 28.3. The summed E-state index contributed by atoms with van der Waals surface area (Å²) >= 11 is 0. The average Bonchev–Trinajstić information content (AvgIpc) is 0.808. The van der Waals surface area contributed by atoms with Gasteiger partial charge in [-0.05, 0) is 148 Å². The Morgan fingerprint density at radius 3 is 2.00 bits per heavy atom. The minimum atomic E-state index is -4.52. The molecule has 1 fully saturated rings. The van der Waals surface area contributed by atoms with Gasteiger partial charge in [-0.2, -0.15) is 4.31 Å². The van der Waals surface area contributed by atoms with Gasteiger partial charge in [-0.1, -0.05) is 116 Å². The van der Waals surface area contributed by atoms with Gasteiger partial charge in [0.2, 0.25) is 48.8 Å². The summed E-state index contributed by atoms with van der Waals surface area (Å²) in [5.41, 5.74) is 7.28. The molecule has 1 aromatic heterocycles. The maximum Gasteiger partial charge on any atom is 0.254 e. The fraction of sp³-hybridized carbons (Fsp3) is 0.345. The molecule has 2 aliphatic heterocycles. The van der Waals surface area contributed by atoms with Gasteiger partial charge in [0.05, 0.1) is 45.6 Å². The molecule has 114 heavy (non-hydrogen) atoms. The number of halogens is 1. The SMILES string of the molecule is CCN(CC)c1ccc2c(-c3ccccc3C(=O)N3CCN(C(=O)CCC(=O)NCCCCCC(=O)N[C@@H](Cc4ccc(C(=O)c5ccccc5)cc4)C(=O)NCc4cn([C@@H](Cc5ccc(O)cc5)C(O)CN(CC(C)C)S(=O)(=O)c5cccc(S(=O)(=O)c6ccc(F)cc6)c5)nn4)CC3)c3ccc(=[N+](CC)CC)cc-3oc2c1. The molecule has 3 heterocycles. The van der Waals surface area contributed by atoms with E-state index >= 15 is 0 Å². The van der Waals surface area contributed by atoms with Gasteiger partial charge < -0.3 is 45.3 Å². The van der Waals surface area contributed by atoms with E-state index < -0.39 is 62.2 Å². The van der Waals surface area contributed by atoms with Gasteiger partial charge in [0, 0.05) is 136 Å². The van der Waals surface area contributed by atoms with Crippen LogP contribution in [0.1, 0.15) is 129 Å². The number of rotatable bonds is 36. The van der Waals surface area contributed by atoms with Crippen LogP contribution in [0.2, 0.25) is 0 Å². The van der Waals surface area contributed by atoms with Gasteiger partial charge >= 0.3 is 0 Å². The third-order valence-electron chi connectivity index (χ3n) is 20.6. The van der Waals surface area contributed by atoms with Crippen LogP contribution in [0.3, 0.4) is 0 Å². The predicted molar refractivity (Wildman–Crippen MR) is 434 cm³/mol. The minimum absolute atomic E-state index is 0.0129. The number of nitrogens with one attached hydrogen (secondary N) is 3. The van der Waals surface area contributed by atoms with E-state index in [9.17, 15) is 60.2 Å². The highest BCUT2D eigenvalue weighted by Crippen LogP contribution is 2.43. The maximum absolute atomic E-state index is 14.7. The lowest BCUT2D eigenvalue weighted by molar-refractivity contribution is -0.134. The Morgan fingerprint density at radius 2 is 1.30 bits per heavy atom. The fourth-order valence-electron chi connectivity index (χ4n) is 14.3. The first-order valence-electron chi connectivity index (χ1n) is 38.9. The molecular weight excluding hydrogens is 1490 g/mol. The summed E-state index contributed by atoms with van der Waals surface area (Å²) in [6.07, 6.45) is 1.53. The Hall–Kier alpha value is -11.3. The van der Waals surface area contributed by atoms with Crippen LogP contribution in [0.15, 0.2) is 213 Å². The van der Waals surface area contributed by atoms with E-state index in [4.69, 9.17) is 4.42 Å². The molecule has 11 rings (SSSR count). The normalized spacial score (nSPS) is 13.4. The summed E-state index contributed by atoms with van der Waals surface area (Å²) in [5.74, 6) is -2.06. The molecule has 1 unspecified atom stereocenters. The minimum Gasteiger partial charge on any atom is -0.508 e. The molecule has 3 atom stereocenters. The monoisotopic (exact) mass is 1590 g/mol. The van der Waals surface area contributed by atoms with Crippen molar-refractivity contribution in [2.24, 2.45) is 5.92 Å². The number of amides is 5. The van der Waals surface area contributed by atoms with Gasteiger partial charge in [-0.25, -0.2) is 30.5 Å². The fourth-order valence-corrected chi connectivity index (χ4v) is 17.4. The molecule has 5 N–H and O–H groups in total. The van der Waals surface area contributed by atoms with Crippen molar-refractivity contribution in [1.82, 2.24) is 49.6 Å². The number of fused-ring (bicyclic) bond motifs is 2. The van der Waals surface area contributed by atoms with E-state index in [0.717, 1.165) is 93.9 Å². The Bertz CT molecular complexity index is 5320. The summed E-state index contributed by atoms with van der Waals surface area (Å²) in [4.78, 5) is 87.7. The first kappa shape index (κ1) is 83.7. The number of hydrogen-bond donors (Lipinski definition) is 5. The standard InChI is InChI=1S/C87H98FN11O13S2/c1-7-94(8-2)66-35-41-74-79(52-66)112-80-53-67(95(9-3)10-4)36-42-75(80)84(74)72-24-16-17-25-73(72)87(107)97-48-46-96(47-49-97)83(104)44-43-81(102)89-45-18-12-15-26-82(103)91-76(50-60-27-31-63(32-28-60)85(105)62-20-13-11-14-21-62)86(106)90-55-65-57-99(93-92-65)77(51-61-29-37-68(100)38-30-61)78(101)58-98(56-59(5)6)114(110,111)71-23-19-22-70(54-71)113(108,109)69-39-33-64(88)34-40-69/h11,13-14,16-17,19-25,27-42,52-54,57,59,76-78,101H,7-10,12,15,18,26,43-51,55-56,58H2,1-6H3,(H3-,89,90,91,100,102,103,106)/p+1/t76-,77-,78?/m0/s1. The number of aliphatic hydroxyl groups excluding tert-OH is 1. The first-order chi connectivity index (χ1) is 54.8. The molecule has 7 aromatic carbocycles. The lowest BCUT2D eigenvalue weighted by Gasteiger charge is -2.35. The van der Waals surface area contributed by atoms with E-state index in [1.807, 2.05) is 30.3 Å². The number of aromatic hydroxyl groups is 1. The van der Waals surface area contributed by atoms with E-state index in [0.29, 0.717) is 91.1 Å². The summed E-state index contributed by atoms with van der Waals surface area (Å²) in [5, 5.41) is 41.6. The average molecular weight is 1590 g/mol. The predicted octanol–water partition coefficient (Wildman–Crippen LogP) is 10.6. The number of benzene rings is 8. The van der Waals surface area contributed by atoms with Crippen LogP contribution in [0, 0.1) is 11.7 Å². The van der Waals surface area contributed by atoms with Gasteiger partial charge in [0.25, 0.3) is 5.91 Å². The second-order valence-corrected chi connectivity index (χ2v) is 32.7. The number of aromatic nitrogens is 3. The number of piperazine rings is 1. The highest BCUT2D eigenvalue weighted by atomic mass is 32.2. The number of anilines is 1. The number of sulfone groups is 1. The van der Waals surface area contributed by atoms with Crippen LogP contribution in [0.5, 0.6) is 5.75 Å². The maximum atomic E-state index is 14.7. The third-order valence-corrected chi connectivity index (χ3v) is 24.2. The number of phenols is 1. The van der Waals surface area contributed by atoms with Crippen molar-refractivity contribution in [2.45, 2.75) is 132 Å². The third kappa shape index (κ3) is 20.8. The lowest BCUT2D eigenvalue weighted by Crippen LogP contribution is -2.50. The van der Waals surface area contributed by atoms with Crippen LogP contribution >= 0.6 is 0 Å². The molecule has 8 aromatic rings. The summed E-state index contributed by atoms with van der Waals surface area (Å²) in [6, 6.07) is 48.7. The van der Waals surface area contributed by atoms with Crippen molar-refractivity contribution >= 4 is 71.8 Å². The lowest BCUT2D eigenvalue weighted by atomic mass is 9.90. The number of ketones is 1. The van der Waals surface area contributed by atoms with Crippen molar-refractivity contribution in [3.63, 3.8) is 0 Å². The molecule has 3 aliphatic rings. The summed E-state index contributed by atoms with van der Waals surface area (Å²) in [6.45, 7) is 16.1. The first-order valence-corrected chi connectivity index (χ1v) is 41.8. The number of sulfonamides is 1. The van der Waals surface area contributed by atoms with Crippen LogP contribution in [0.4, 0.5) is 10.1 Å². The van der Waals surface area contributed by atoms with Crippen LogP contribution < -0.4 is 30.8 Å². The van der Waals surface area contributed by atoms with E-state index in [1.165, 1.54) is 41.2 Å². The number of hydrogen-bond acceptors (Lipinski definition) is 16. The Balaban J connectivity index is 0.684. The van der Waals surface area contributed by atoms with Gasteiger partial charge in [0.15, 0.2) is 5.78 Å². The highest BCUT2D eigenvalue weighted by molar-refractivity contribution is 7.91. The molecule has 27 heteroatoms. The molecule has 0 spiro atoms. The zero-order valence-electron chi connectivity index (χ0n) is 65.1. The van der Waals surface area contributed by atoms with Crippen molar-refractivity contribution < 1.29 is 64.6 Å². The Labute approximate surface area is 664 Å². The Morgan fingerprint density at radius 1 is 0.632 bits per heavy atom. The molecular formula is C87H99FN11O13S2+. The van der Waals surface area contributed by atoms with Crippen molar-refractivity contribution in [3.05, 3.63) is 239 Å². The number of unbranched alkanes of at least 4 members (excludes halogenated alkanes) is 2. The van der Waals surface area contributed by atoms with Gasteiger partial charge in [0.1, 0.15) is 47.7 Å². The van der Waals surface area contributed by atoms with Crippen LogP contribution in [-0.4, -0.2) is 176 Å². The number of carbonyl (C=O) groups is 6. The van der Waals surface area contributed by atoms with E-state index in [1.54, 1.807) is 84.3 Å². The van der Waals surface area contributed by atoms with Gasteiger partial charge in [-0.15, -0.1) is 5.10 Å². The van der Waals surface area contributed by atoms with Crippen molar-refractivity contribution in [2.75, 3.05) is 76.9 Å². The molecule has 0 saturated carbocycles. The molecule has 1 saturated heterocycles. The molecule has 0 radical (unpaired) electrons. The van der Waals surface area contributed by atoms with Crippen molar-refractivity contribution in [1.29, 1.82) is 0 Å². The van der Waals surface area contributed by atoms with Gasteiger partial charge in [-0.3, -0.25) is 28.8 Å². The topological polar surface area (TPSA) is 307 Å². The summed E-state index contributed by atoms with van der Waals surface area (Å²) in [7, 11) is -8.81. The smallest absolute Gasteiger partial charge is 0.254 e. The van der Waals surface area contributed by atoms with Crippen LogP contribution in [-0.2, 0) is 58.4 Å². The highest BCUT2D eigenvalue weighted by Gasteiger charge is 2.35. The largest absolute Gasteiger partial charge is 0.508 e. The molecule has 1 aliphatic carbocycles. The van der Waals surface area contributed by atoms with Crippen LogP contribution in [0.25, 0.3) is 33.4 Å². The second kappa shape index (κ2) is 38.5. The molecule has 0 bridgehead atoms. The van der Waals surface area contributed by atoms with E-state index in [2.05, 4.69) is 99.8 Å². The van der Waals surface area contributed by atoms with Crippen molar-refractivity contribution in [3.8, 4) is 28.2 Å². The zero-order valence-corrected chi connectivity index (χ0v) is 66.7.